The average molecular weight is 193 g/mol. The summed E-state index contributed by atoms with van der Waals surface area (Å²) in [5, 5.41) is 0. The van der Waals surface area contributed by atoms with E-state index < -0.39 is 0 Å². The fourth-order valence-electron chi connectivity index (χ4n) is 2.34. The highest BCUT2D eigenvalue weighted by Crippen LogP contribution is 2.35. The van der Waals surface area contributed by atoms with Crippen molar-refractivity contribution in [1.82, 2.24) is 9.55 Å². The molecule has 0 bridgehead atoms. The molecule has 3 nitrogen and oxygen atoms in total. The third-order valence-corrected chi connectivity index (χ3v) is 3.11. The molecule has 0 saturated heterocycles. The van der Waals surface area contributed by atoms with Crippen molar-refractivity contribution in [3.05, 3.63) is 12.0 Å². The molecule has 1 saturated carbocycles. The van der Waals surface area contributed by atoms with Crippen LogP contribution in [-0.4, -0.2) is 9.55 Å². The fraction of sp³-hybridized carbons (Fsp3) is 0.727. The van der Waals surface area contributed by atoms with Crippen LogP contribution in [0.25, 0.3) is 0 Å². The second-order valence-electron chi connectivity index (χ2n) is 4.19. The largest absolute Gasteiger partial charge is 0.384 e. The van der Waals surface area contributed by atoms with E-state index >= 15 is 0 Å². The van der Waals surface area contributed by atoms with Crippen LogP contribution in [-0.2, 0) is 6.54 Å². The molecule has 0 unspecified atom stereocenters. The Morgan fingerprint density at radius 2 is 2.21 bits per heavy atom. The first kappa shape index (κ1) is 9.56. The Kier molecular flexibility index (Phi) is 2.75. The number of nitrogen functional groups attached to an aromatic ring is 1. The minimum Gasteiger partial charge on any atom is -0.384 e. The first-order valence-corrected chi connectivity index (χ1v) is 5.63. The number of anilines is 1. The van der Waals surface area contributed by atoms with Crippen molar-refractivity contribution in [2.75, 3.05) is 5.73 Å². The molecule has 1 aromatic heterocycles. The predicted octanol–water partition coefficient (Wildman–Crippen LogP) is 2.53. The molecular formula is C11H19N3. The molecule has 78 valence electrons. The summed E-state index contributed by atoms with van der Waals surface area (Å²) in [6, 6.07) is 0. The van der Waals surface area contributed by atoms with Gasteiger partial charge in [-0.05, 0) is 19.3 Å². The maximum atomic E-state index is 6.07. The van der Waals surface area contributed by atoms with Gasteiger partial charge in [-0.15, -0.1) is 0 Å². The molecule has 0 aliphatic heterocycles. The minimum atomic E-state index is 0.633. The van der Waals surface area contributed by atoms with Crippen LogP contribution in [0.15, 0.2) is 6.33 Å². The second kappa shape index (κ2) is 4.03. The Hall–Kier alpha value is -0.990. The van der Waals surface area contributed by atoms with E-state index in [1.807, 2.05) is 6.33 Å². The van der Waals surface area contributed by atoms with Gasteiger partial charge in [-0.2, -0.15) is 0 Å². The highest BCUT2D eigenvalue weighted by atomic mass is 15.1. The van der Waals surface area contributed by atoms with Crippen LogP contribution in [0.1, 0.15) is 50.6 Å². The van der Waals surface area contributed by atoms with E-state index in [4.69, 9.17) is 5.73 Å². The summed E-state index contributed by atoms with van der Waals surface area (Å²) >= 11 is 0. The first-order valence-electron chi connectivity index (χ1n) is 5.63. The van der Waals surface area contributed by atoms with Crippen LogP contribution in [0.5, 0.6) is 0 Å². The van der Waals surface area contributed by atoms with Crippen LogP contribution >= 0.6 is 0 Å². The van der Waals surface area contributed by atoms with Gasteiger partial charge in [-0.3, -0.25) is 0 Å². The second-order valence-corrected chi connectivity index (χ2v) is 4.19. The van der Waals surface area contributed by atoms with Gasteiger partial charge in [0, 0.05) is 12.5 Å². The van der Waals surface area contributed by atoms with E-state index in [1.165, 1.54) is 25.7 Å². The van der Waals surface area contributed by atoms with Crippen LogP contribution in [0, 0.1) is 0 Å². The van der Waals surface area contributed by atoms with Crippen LogP contribution in [0.3, 0.4) is 0 Å². The number of nitrogens with zero attached hydrogens (tertiary/aromatic N) is 2. The molecule has 1 aromatic rings. The Labute approximate surface area is 85.3 Å². The molecule has 2 N–H and O–H groups in total. The lowest BCUT2D eigenvalue weighted by molar-refractivity contribution is 0.680. The first-order chi connectivity index (χ1) is 6.83. The lowest BCUT2D eigenvalue weighted by atomic mass is 10.0. The number of rotatable bonds is 3. The standard InChI is InChI=1S/C11H19N3/c1-2-7-14-8-13-10(11(14)12)9-5-3-4-6-9/h8-9H,2-7,12H2,1H3. The van der Waals surface area contributed by atoms with Gasteiger partial charge in [-0.25, -0.2) is 4.98 Å². The molecule has 3 heteroatoms. The highest BCUT2D eigenvalue weighted by Gasteiger charge is 2.22. The average Bonchev–Trinajstić information content (AvgIpc) is 2.77. The van der Waals surface area contributed by atoms with Gasteiger partial charge in [0.2, 0.25) is 0 Å². The molecule has 2 rings (SSSR count). The van der Waals surface area contributed by atoms with E-state index in [2.05, 4.69) is 16.5 Å². The molecule has 1 aliphatic rings. The third-order valence-electron chi connectivity index (χ3n) is 3.11. The SMILES string of the molecule is CCCn1cnc(C2CCCC2)c1N. The number of aromatic nitrogens is 2. The lowest BCUT2D eigenvalue weighted by Gasteiger charge is -2.08. The molecular weight excluding hydrogens is 174 g/mol. The Morgan fingerprint density at radius 1 is 1.50 bits per heavy atom. The zero-order valence-corrected chi connectivity index (χ0v) is 8.87. The van der Waals surface area contributed by atoms with Gasteiger partial charge in [0.1, 0.15) is 5.82 Å². The molecule has 14 heavy (non-hydrogen) atoms. The summed E-state index contributed by atoms with van der Waals surface area (Å²) in [4.78, 5) is 4.45. The Morgan fingerprint density at radius 3 is 2.86 bits per heavy atom. The van der Waals surface area contributed by atoms with Crippen LogP contribution in [0.2, 0.25) is 0 Å². The maximum absolute atomic E-state index is 6.07. The van der Waals surface area contributed by atoms with Gasteiger partial charge in [0.25, 0.3) is 0 Å². The van der Waals surface area contributed by atoms with Crippen LogP contribution in [0.4, 0.5) is 5.82 Å². The van der Waals surface area contributed by atoms with E-state index in [-0.39, 0.29) is 0 Å². The van der Waals surface area contributed by atoms with Gasteiger partial charge in [0.15, 0.2) is 0 Å². The van der Waals surface area contributed by atoms with Crippen molar-refractivity contribution in [1.29, 1.82) is 0 Å². The quantitative estimate of drug-likeness (QED) is 0.801. The number of aryl methyl sites for hydroxylation is 1. The topological polar surface area (TPSA) is 43.8 Å². The maximum Gasteiger partial charge on any atom is 0.126 e. The molecule has 0 radical (unpaired) electrons. The summed E-state index contributed by atoms with van der Waals surface area (Å²) in [5.74, 6) is 1.53. The van der Waals surface area contributed by atoms with Crippen molar-refractivity contribution in [2.45, 2.75) is 51.5 Å². The summed E-state index contributed by atoms with van der Waals surface area (Å²) < 4.78 is 2.08. The molecule has 0 spiro atoms. The van der Waals surface area contributed by atoms with Gasteiger partial charge in [0.05, 0.1) is 12.0 Å². The number of nitrogens with two attached hydrogens (primary N) is 1. The number of hydrogen-bond donors (Lipinski definition) is 1. The zero-order chi connectivity index (χ0) is 9.97. The summed E-state index contributed by atoms with van der Waals surface area (Å²) in [5.41, 5.74) is 7.22. The van der Waals surface area contributed by atoms with Gasteiger partial charge in [-0.1, -0.05) is 19.8 Å². The van der Waals surface area contributed by atoms with Crippen LogP contribution < -0.4 is 5.73 Å². The lowest BCUT2D eigenvalue weighted by Crippen LogP contribution is -2.04. The predicted molar refractivity (Wildman–Crippen MR) is 58.1 cm³/mol. The molecule has 1 aliphatic carbocycles. The van der Waals surface area contributed by atoms with Gasteiger partial charge >= 0.3 is 0 Å². The van der Waals surface area contributed by atoms with E-state index in [0.717, 1.165) is 24.5 Å². The number of imidazole rings is 1. The van der Waals surface area contributed by atoms with Crippen molar-refractivity contribution in [2.24, 2.45) is 0 Å². The van der Waals surface area contributed by atoms with Crippen molar-refractivity contribution in [3.8, 4) is 0 Å². The molecule has 1 fully saturated rings. The summed E-state index contributed by atoms with van der Waals surface area (Å²) in [7, 11) is 0. The molecule has 0 amide bonds. The van der Waals surface area contributed by atoms with Crippen molar-refractivity contribution < 1.29 is 0 Å². The monoisotopic (exact) mass is 193 g/mol. The summed E-state index contributed by atoms with van der Waals surface area (Å²) in [6.45, 7) is 3.15. The van der Waals surface area contributed by atoms with Gasteiger partial charge < -0.3 is 10.3 Å². The smallest absolute Gasteiger partial charge is 0.126 e. The molecule has 0 atom stereocenters. The highest BCUT2D eigenvalue weighted by molar-refractivity contribution is 5.38. The van der Waals surface area contributed by atoms with E-state index in [9.17, 15) is 0 Å². The van der Waals surface area contributed by atoms with Crippen molar-refractivity contribution >= 4 is 5.82 Å². The fourth-order valence-corrected chi connectivity index (χ4v) is 2.34. The summed E-state index contributed by atoms with van der Waals surface area (Å²) in [6.07, 6.45) is 8.23. The Bertz CT molecular complexity index is 297. The Balaban J connectivity index is 2.17. The zero-order valence-electron chi connectivity index (χ0n) is 8.87. The minimum absolute atomic E-state index is 0.633. The number of hydrogen-bond acceptors (Lipinski definition) is 2. The third kappa shape index (κ3) is 1.63. The van der Waals surface area contributed by atoms with E-state index in [1.54, 1.807) is 0 Å². The molecule has 0 aromatic carbocycles. The molecule has 1 heterocycles. The normalized spacial score (nSPS) is 17.8. The van der Waals surface area contributed by atoms with Crippen molar-refractivity contribution in [3.63, 3.8) is 0 Å². The van der Waals surface area contributed by atoms with E-state index in [0.29, 0.717) is 5.92 Å².